The second-order valence-corrected chi connectivity index (χ2v) is 7.68. The van der Waals surface area contributed by atoms with Gasteiger partial charge in [-0.3, -0.25) is 14.2 Å². The molecule has 1 amide bonds. The average Bonchev–Trinajstić information content (AvgIpc) is 3.10. The van der Waals surface area contributed by atoms with E-state index >= 15 is 0 Å². The zero-order valence-electron chi connectivity index (χ0n) is 15.3. The fraction of sp³-hybridized carbons (Fsp3) is 0.526. The Morgan fingerprint density at radius 3 is 2.48 bits per heavy atom. The Morgan fingerprint density at radius 1 is 1.17 bits per heavy atom. The number of Topliss-reactive ketones (excluding diaryl/α,β-unsaturated/α-hetero) is 1. The van der Waals surface area contributed by atoms with Gasteiger partial charge >= 0.3 is 6.18 Å². The minimum Gasteiger partial charge on any atom is -0.319 e. The molecule has 1 aromatic carbocycles. The van der Waals surface area contributed by atoms with Crippen LogP contribution in [0.1, 0.15) is 44.3 Å². The SMILES string of the molecule is O=C(CC1CCCCC1)NC1(C(F)(F)F)C(=O)Cc2nc3cc(F)c(F)cc3n21. The van der Waals surface area contributed by atoms with Crippen LogP contribution in [0.15, 0.2) is 12.1 Å². The van der Waals surface area contributed by atoms with Gasteiger partial charge in [-0.25, -0.2) is 13.8 Å². The minimum atomic E-state index is -5.20. The standard InChI is InChI=1S/C19H18F5N3O2/c20-11-7-13-14(8-12(11)21)27-16(25-13)9-15(28)18(27,19(22,23)24)26-17(29)6-10-4-2-1-3-5-10/h7-8,10H,1-6,9H2,(H,26,29). The van der Waals surface area contributed by atoms with Crippen LogP contribution >= 0.6 is 0 Å². The summed E-state index contributed by atoms with van der Waals surface area (Å²) >= 11 is 0. The van der Waals surface area contributed by atoms with E-state index < -0.39 is 47.1 Å². The maximum atomic E-state index is 14.2. The van der Waals surface area contributed by atoms with Crippen LogP contribution in [0.5, 0.6) is 0 Å². The molecule has 0 spiro atoms. The maximum Gasteiger partial charge on any atom is 0.438 e. The largest absolute Gasteiger partial charge is 0.438 e. The van der Waals surface area contributed by atoms with E-state index in [2.05, 4.69) is 4.98 Å². The van der Waals surface area contributed by atoms with Gasteiger partial charge in [-0.05, 0) is 18.8 Å². The average molecular weight is 415 g/mol. The molecule has 2 heterocycles. The third kappa shape index (κ3) is 3.08. The third-order valence-electron chi connectivity index (χ3n) is 5.75. The number of aromatic nitrogens is 2. The molecule has 0 saturated heterocycles. The number of amides is 1. The summed E-state index contributed by atoms with van der Waals surface area (Å²) in [5.41, 5.74) is -4.01. The Morgan fingerprint density at radius 2 is 1.83 bits per heavy atom. The summed E-state index contributed by atoms with van der Waals surface area (Å²) in [5.74, 6) is -5.19. The topological polar surface area (TPSA) is 64.0 Å². The highest BCUT2D eigenvalue weighted by Crippen LogP contribution is 2.44. The first-order valence-corrected chi connectivity index (χ1v) is 9.41. The minimum absolute atomic E-state index is 0.0453. The van der Waals surface area contributed by atoms with Crippen molar-refractivity contribution in [3.63, 3.8) is 0 Å². The Kier molecular flexibility index (Phi) is 4.62. The number of halogens is 5. The molecule has 29 heavy (non-hydrogen) atoms. The summed E-state index contributed by atoms with van der Waals surface area (Å²) in [6, 6.07) is 1.24. The number of nitrogens with zero attached hydrogens (tertiary/aromatic N) is 2. The summed E-state index contributed by atoms with van der Waals surface area (Å²) < 4.78 is 70.4. The van der Waals surface area contributed by atoms with Gasteiger partial charge in [0.1, 0.15) is 5.82 Å². The van der Waals surface area contributed by atoms with Gasteiger partial charge in [-0.1, -0.05) is 19.3 Å². The number of benzene rings is 1. The number of ketones is 1. The number of alkyl halides is 3. The zero-order valence-corrected chi connectivity index (χ0v) is 15.3. The van der Waals surface area contributed by atoms with Crippen LogP contribution in [0.4, 0.5) is 22.0 Å². The molecule has 0 bridgehead atoms. The van der Waals surface area contributed by atoms with Crippen LogP contribution in [0.2, 0.25) is 0 Å². The molecule has 1 atom stereocenters. The maximum absolute atomic E-state index is 14.2. The molecule has 4 rings (SSSR count). The van der Waals surface area contributed by atoms with Crippen molar-refractivity contribution < 1.29 is 31.5 Å². The number of carbonyl (C=O) groups is 2. The van der Waals surface area contributed by atoms with Crippen molar-refractivity contribution in [3.05, 3.63) is 29.6 Å². The number of hydrogen-bond donors (Lipinski definition) is 1. The molecule has 1 N–H and O–H groups in total. The number of imidazole rings is 1. The van der Waals surface area contributed by atoms with E-state index in [1.165, 1.54) is 0 Å². The van der Waals surface area contributed by atoms with Crippen LogP contribution in [-0.4, -0.2) is 27.4 Å². The number of hydrogen-bond acceptors (Lipinski definition) is 3. The summed E-state index contributed by atoms with van der Waals surface area (Å²) in [7, 11) is 0. The highest BCUT2D eigenvalue weighted by atomic mass is 19.4. The number of rotatable bonds is 3. The van der Waals surface area contributed by atoms with Gasteiger partial charge in [0.2, 0.25) is 5.91 Å². The van der Waals surface area contributed by atoms with Gasteiger partial charge in [0.25, 0.3) is 5.66 Å². The Labute approximate surface area is 162 Å². The first-order chi connectivity index (χ1) is 13.6. The molecule has 2 aromatic rings. The van der Waals surface area contributed by atoms with E-state index in [-0.39, 0.29) is 23.7 Å². The van der Waals surface area contributed by atoms with Gasteiger partial charge in [-0.2, -0.15) is 13.2 Å². The fourth-order valence-corrected chi connectivity index (χ4v) is 4.40. The molecular formula is C19H18F5N3O2. The lowest BCUT2D eigenvalue weighted by Crippen LogP contribution is -2.63. The monoisotopic (exact) mass is 415 g/mol. The lowest BCUT2D eigenvalue weighted by atomic mass is 9.86. The smallest absolute Gasteiger partial charge is 0.319 e. The Hall–Kier alpha value is -2.52. The number of carbonyl (C=O) groups excluding carboxylic acids is 2. The lowest BCUT2D eigenvalue weighted by molar-refractivity contribution is -0.218. The number of fused-ring (bicyclic) bond motifs is 3. The van der Waals surface area contributed by atoms with Gasteiger partial charge in [0.05, 0.1) is 17.5 Å². The van der Waals surface area contributed by atoms with Crippen LogP contribution in [0.25, 0.3) is 11.0 Å². The van der Waals surface area contributed by atoms with Crippen LogP contribution in [0, 0.1) is 17.6 Å². The highest BCUT2D eigenvalue weighted by molar-refractivity contribution is 5.98. The van der Waals surface area contributed by atoms with Crippen LogP contribution in [-0.2, 0) is 21.7 Å². The Balaban J connectivity index is 1.78. The van der Waals surface area contributed by atoms with Gasteiger partial charge in [-0.15, -0.1) is 0 Å². The molecular weight excluding hydrogens is 397 g/mol. The second-order valence-electron chi connectivity index (χ2n) is 7.68. The van der Waals surface area contributed by atoms with Crippen molar-refractivity contribution in [2.24, 2.45) is 5.92 Å². The molecule has 2 aliphatic rings. The molecule has 0 radical (unpaired) electrons. The predicted molar refractivity (Wildman–Crippen MR) is 91.7 cm³/mol. The van der Waals surface area contributed by atoms with E-state index in [1.807, 2.05) is 5.32 Å². The molecule has 1 saturated carbocycles. The highest BCUT2D eigenvalue weighted by Gasteiger charge is 2.66. The van der Waals surface area contributed by atoms with Crippen molar-refractivity contribution >= 4 is 22.7 Å². The van der Waals surface area contributed by atoms with Crippen molar-refractivity contribution in [1.29, 1.82) is 0 Å². The summed E-state index contributed by atoms with van der Waals surface area (Å²) in [4.78, 5) is 28.9. The summed E-state index contributed by atoms with van der Waals surface area (Å²) in [6.07, 6.45) is -1.72. The van der Waals surface area contributed by atoms with Gasteiger partial charge in [0.15, 0.2) is 17.4 Å². The second kappa shape index (κ2) is 6.77. The third-order valence-corrected chi connectivity index (χ3v) is 5.75. The quantitative estimate of drug-likeness (QED) is 0.777. The van der Waals surface area contributed by atoms with E-state index in [1.54, 1.807) is 0 Å². The van der Waals surface area contributed by atoms with Crippen molar-refractivity contribution in [2.75, 3.05) is 0 Å². The zero-order chi connectivity index (χ0) is 21.0. The van der Waals surface area contributed by atoms with E-state index in [4.69, 9.17) is 0 Å². The normalized spacial score (nSPS) is 22.9. The molecule has 1 aliphatic carbocycles. The van der Waals surface area contributed by atoms with Crippen molar-refractivity contribution in [2.45, 2.75) is 56.8 Å². The first-order valence-electron chi connectivity index (χ1n) is 9.41. The predicted octanol–water partition coefficient (Wildman–Crippen LogP) is 3.74. The van der Waals surface area contributed by atoms with E-state index in [0.717, 1.165) is 32.1 Å². The summed E-state index contributed by atoms with van der Waals surface area (Å²) in [6.45, 7) is 0. The lowest BCUT2D eigenvalue weighted by Gasteiger charge is -2.34. The summed E-state index contributed by atoms with van der Waals surface area (Å²) in [5, 5.41) is 1.89. The van der Waals surface area contributed by atoms with E-state index in [0.29, 0.717) is 16.7 Å². The fourth-order valence-electron chi connectivity index (χ4n) is 4.40. The van der Waals surface area contributed by atoms with Crippen LogP contribution < -0.4 is 5.32 Å². The van der Waals surface area contributed by atoms with Gasteiger partial charge < -0.3 is 5.32 Å². The van der Waals surface area contributed by atoms with Gasteiger partial charge in [0, 0.05) is 18.6 Å². The first kappa shape index (κ1) is 19.8. The molecule has 5 nitrogen and oxygen atoms in total. The molecule has 10 heteroatoms. The van der Waals surface area contributed by atoms with Crippen LogP contribution in [0.3, 0.4) is 0 Å². The molecule has 1 unspecified atom stereocenters. The molecule has 1 fully saturated rings. The molecule has 1 aliphatic heterocycles. The number of nitrogens with one attached hydrogen (secondary N) is 1. The Bertz CT molecular complexity index is 994. The van der Waals surface area contributed by atoms with E-state index in [9.17, 15) is 31.5 Å². The molecule has 1 aromatic heterocycles. The van der Waals surface area contributed by atoms with Crippen molar-refractivity contribution in [3.8, 4) is 0 Å². The van der Waals surface area contributed by atoms with Crippen molar-refractivity contribution in [1.82, 2.24) is 14.9 Å². The molecule has 156 valence electrons.